The van der Waals surface area contributed by atoms with Gasteiger partial charge in [0.2, 0.25) is 0 Å². The number of fused-ring (bicyclic) bond motifs is 7. The third kappa shape index (κ3) is 6.13. The predicted octanol–water partition coefficient (Wildman–Crippen LogP) is 11.2. The first kappa shape index (κ1) is 39.4. The summed E-state index contributed by atoms with van der Waals surface area (Å²) in [6, 6.07) is -0.879. The number of alkyl halides is 13. The fourth-order valence-corrected chi connectivity index (χ4v) is 7.94. The Labute approximate surface area is 296 Å². The molecule has 3 aromatic heterocycles. The summed E-state index contributed by atoms with van der Waals surface area (Å²) in [4.78, 5) is 0. The summed E-state index contributed by atoms with van der Waals surface area (Å²) >= 11 is 0. The second kappa shape index (κ2) is 11.9. The standard InChI is InChI=1S/C12H14F4N2.C11H11F5N2.C11H14F4N2/c1-11(2,3)18-9-7(8(17-18)10(13)14)5-4-6(5)12(9,15)16;1-4(2)18-9-7(8(17-18)11(14,15)16)5-3-6(5)10(9,12)13;1-6(2)17-9-8(7(3)16-17)10(12,13)4-5-11(9,14)15/h5-6,10H,4H2,1-3H3;4-6H,3H2,1-2H3;6H,4-5H2,1-3H3/t2*5-,6+;/m00./s1. The van der Waals surface area contributed by atoms with Gasteiger partial charge in [-0.05, 0) is 80.1 Å². The summed E-state index contributed by atoms with van der Waals surface area (Å²) in [5.41, 5.74) is -4.47. The van der Waals surface area contributed by atoms with E-state index in [1.165, 1.54) is 6.92 Å². The second-order valence-corrected chi connectivity index (χ2v) is 16.1. The van der Waals surface area contributed by atoms with Crippen molar-refractivity contribution in [2.75, 3.05) is 0 Å². The summed E-state index contributed by atoms with van der Waals surface area (Å²) in [7, 11) is 0. The van der Waals surface area contributed by atoms with Crippen LogP contribution in [0.3, 0.4) is 0 Å². The number of nitrogens with zero attached hydrogens (tertiary/aromatic N) is 6. The molecule has 0 aliphatic heterocycles. The van der Waals surface area contributed by atoms with Crippen molar-refractivity contribution in [3.05, 3.63) is 50.9 Å². The topological polar surface area (TPSA) is 53.5 Å². The van der Waals surface area contributed by atoms with Crippen molar-refractivity contribution in [3.8, 4) is 0 Å². The number of hydrogen-bond donors (Lipinski definition) is 0. The van der Waals surface area contributed by atoms with Crippen LogP contribution in [0.15, 0.2) is 0 Å². The predicted molar refractivity (Wildman–Crippen MR) is 164 cm³/mol. The molecule has 0 bridgehead atoms. The lowest BCUT2D eigenvalue weighted by atomic mass is 9.89. The third-order valence-electron chi connectivity index (χ3n) is 10.4. The zero-order valence-corrected chi connectivity index (χ0v) is 30.0. The van der Waals surface area contributed by atoms with E-state index in [1.807, 2.05) is 0 Å². The molecule has 8 rings (SSSR count). The maximum absolute atomic E-state index is 14.1. The fraction of sp³-hybridized carbons (Fsp3) is 0.735. The van der Waals surface area contributed by atoms with Crippen LogP contribution < -0.4 is 0 Å². The van der Waals surface area contributed by atoms with E-state index in [-0.39, 0.29) is 35.0 Å². The van der Waals surface area contributed by atoms with E-state index in [0.717, 1.165) is 14.0 Å². The van der Waals surface area contributed by atoms with Gasteiger partial charge in [0.25, 0.3) is 30.1 Å². The molecule has 0 unspecified atom stereocenters. The van der Waals surface area contributed by atoms with Gasteiger partial charge < -0.3 is 0 Å². The van der Waals surface area contributed by atoms with Crippen molar-refractivity contribution in [2.45, 2.75) is 147 Å². The Morgan fingerprint density at radius 1 is 0.660 bits per heavy atom. The molecule has 0 aromatic carbocycles. The van der Waals surface area contributed by atoms with Gasteiger partial charge in [0, 0.05) is 47.9 Å². The first-order valence-electron chi connectivity index (χ1n) is 17.2. The lowest BCUT2D eigenvalue weighted by Crippen LogP contribution is -2.32. The van der Waals surface area contributed by atoms with Crippen LogP contribution in [0.2, 0.25) is 0 Å². The highest BCUT2D eigenvalue weighted by Crippen LogP contribution is 2.69. The molecule has 5 aliphatic carbocycles. The Kier molecular flexibility index (Phi) is 8.82. The minimum atomic E-state index is -4.67. The number of rotatable bonds is 3. The minimum absolute atomic E-state index is 0.00178. The van der Waals surface area contributed by atoms with Crippen LogP contribution in [0.5, 0.6) is 0 Å². The van der Waals surface area contributed by atoms with Gasteiger partial charge >= 0.3 is 6.18 Å². The third-order valence-corrected chi connectivity index (χ3v) is 10.4. The first-order chi connectivity index (χ1) is 24.0. The molecule has 0 N–H and O–H groups in total. The van der Waals surface area contributed by atoms with Crippen LogP contribution in [0, 0.1) is 18.8 Å². The Hall–Kier alpha value is -3.28. The zero-order chi connectivity index (χ0) is 39.9. The molecule has 0 radical (unpaired) electrons. The van der Waals surface area contributed by atoms with Gasteiger partial charge in [-0.15, -0.1) is 0 Å². The summed E-state index contributed by atoms with van der Waals surface area (Å²) < 4.78 is 179. The van der Waals surface area contributed by atoms with Gasteiger partial charge in [-0.25, -0.2) is 17.6 Å². The monoisotopic (exact) mass is 778 g/mol. The number of aromatic nitrogens is 6. The average Bonchev–Trinajstić information content (AvgIpc) is 3.77. The van der Waals surface area contributed by atoms with Gasteiger partial charge in [0.1, 0.15) is 22.8 Å². The van der Waals surface area contributed by atoms with E-state index in [2.05, 4.69) is 15.3 Å². The maximum Gasteiger partial charge on any atom is 0.435 e. The fourth-order valence-electron chi connectivity index (χ4n) is 7.94. The van der Waals surface area contributed by atoms with Crippen LogP contribution in [-0.2, 0) is 35.4 Å². The van der Waals surface area contributed by atoms with E-state index in [0.29, 0.717) is 6.42 Å². The van der Waals surface area contributed by atoms with Crippen LogP contribution >= 0.6 is 0 Å². The zero-order valence-electron chi connectivity index (χ0n) is 30.0. The van der Waals surface area contributed by atoms with Crippen molar-refractivity contribution < 1.29 is 57.1 Å². The van der Waals surface area contributed by atoms with Gasteiger partial charge in [-0.3, -0.25) is 14.0 Å². The van der Waals surface area contributed by atoms with Crippen molar-refractivity contribution in [1.29, 1.82) is 0 Å². The Morgan fingerprint density at radius 2 is 1.13 bits per heavy atom. The molecule has 3 heterocycles. The van der Waals surface area contributed by atoms with Gasteiger partial charge in [0.05, 0.1) is 16.8 Å². The van der Waals surface area contributed by atoms with Crippen LogP contribution in [0.25, 0.3) is 0 Å². The molecule has 0 spiro atoms. The molecule has 2 saturated carbocycles. The highest BCUT2D eigenvalue weighted by Gasteiger charge is 2.69. The van der Waals surface area contributed by atoms with Crippen molar-refractivity contribution in [3.63, 3.8) is 0 Å². The maximum atomic E-state index is 14.1. The molecule has 53 heavy (non-hydrogen) atoms. The van der Waals surface area contributed by atoms with Crippen LogP contribution in [-0.4, -0.2) is 29.3 Å². The van der Waals surface area contributed by atoms with Gasteiger partial charge in [-0.1, -0.05) is 0 Å². The van der Waals surface area contributed by atoms with E-state index in [9.17, 15) is 57.1 Å². The normalized spacial score (nSPS) is 26.3. The molecule has 0 saturated heterocycles. The van der Waals surface area contributed by atoms with Crippen LogP contribution in [0.4, 0.5) is 57.1 Å². The largest absolute Gasteiger partial charge is 0.435 e. The molecule has 296 valence electrons. The highest BCUT2D eigenvalue weighted by atomic mass is 19.4. The summed E-state index contributed by atoms with van der Waals surface area (Å²) in [6.07, 6.45) is -8.68. The van der Waals surface area contributed by atoms with E-state index >= 15 is 0 Å². The van der Waals surface area contributed by atoms with Gasteiger partial charge in [-0.2, -0.15) is 54.8 Å². The highest BCUT2D eigenvalue weighted by molar-refractivity contribution is 5.48. The Morgan fingerprint density at radius 3 is 1.60 bits per heavy atom. The second-order valence-electron chi connectivity index (χ2n) is 16.1. The SMILES string of the molecule is CC(C)(C)n1nc(C(F)F)c2c1C(F)(F)[C@@H]1C[C@H]21.CC(C)n1nc(C(F)(F)F)c2c1C(F)(F)[C@@H]1C[C@H]21.Cc1nn(C(C)C)c2c1C(F)(F)CCC2(F)F. The van der Waals surface area contributed by atoms with E-state index in [1.54, 1.807) is 48.5 Å². The number of hydrogen-bond acceptors (Lipinski definition) is 3. The molecular formula is C34H39F13N6. The number of halogens is 13. The van der Waals surface area contributed by atoms with E-state index in [4.69, 9.17) is 0 Å². The molecule has 19 heteroatoms. The Balaban J connectivity index is 0.000000136. The molecular weight excluding hydrogens is 739 g/mol. The van der Waals surface area contributed by atoms with Gasteiger partial charge in [0.15, 0.2) is 5.69 Å². The van der Waals surface area contributed by atoms with Crippen molar-refractivity contribution in [2.24, 2.45) is 11.8 Å². The smallest absolute Gasteiger partial charge is 0.260 e. The lowest BCUT2D eigenvalue weighted by Gasteiger charge is -2.30. The number of aryl methyl sites for hydroxylation is 1. The van der Waals surface area contributed by atoms with Crippen molar-refractivity contribution in [1.82, 2.24) is 29.3 Å². The molecule has 5 aliphatic rings. The lowest BCUT2D eigenvalue weighted by molar-refractivity contribution is -0.142. The molecule has 2 fully saturated rings. The average molecular weight is 779 g/mol. The first-order valence-corrected chi connectivity index (χ1v) is 17.2. The summed E-state index contributed by atoms with van der Waals surface area (Å²) in [5.74, 6) is -15.5. The molecule has 0 amide bonds. The molecule has 3 aromatic rings. The van der Waals surface area contributed by atoms with Crippen LogP contribution in [0.1, 0.15) is 155 Å². The minimum Gasteiger partial charge on any atom is -0.260 e. The van der Waals surface area contributed by atoms with Crippen molar-refractivity contribution >= 4 is 0 Å². The van der Waals surface area contributed by atoms with E-state index < -0.39 is 113 Å². The summed E-state index contributed by atoms with van der Waals surface area (Å²) in [5, 5.41) is 11.0. The molecule has 6 nitrogen and oxygen atoms in total. The molecule has 4 atom stereocenters. The quantitative estimate of drug-likeness (QED) is 0.249. The summed E-state index contributed by atoms with van der Waals surface area (Å²) in [6.45, 7) is 12.8. The Bertz CT molecular complexity index is 1910.